The van der Waals surface area contributed by atoms with Crippen molar-refractivity contribution in [3.63, 3.8) is 0 Å². The summed E-state index contributed by atoms with van der Waals surface area (Å²) in [4.78, 5) is 14.0. The molecule has 0 bridgehead atoms. The fourth-order valence-electron chi connectivity index (χ4n) is 1.85. The Morgan fingerprint density at radius 3 is 2.43 bits per heavy atom. The number of amides is 1. The molecule has 1 fully saturated rings. The third-order valence-electron chi connectivity index (χ3n) is 2.82. The number of nitrogens with two attached hydrogens (primary N) is 1. The van der Waals surface area contributed by atoms with E-state index in [-0.39, 0.29) is 17.4 Å². The fraction of sp³-hybridized carbons (Fsp3) is 0.909. The second kappa shape index (κ2) is 3.89. The number of piperidine rings is 1. The Balaban J connectivity index is 2.70. The van der Waals surface area contributed by atoms with Crippen LogP contribution in [0.1, 0.15) is 40.5 Å². The minimum absolute atomic E-state index is 0.164. The molecule has 3 nitrogen and oxygen atoms in total. The first-order valence-electron chi connectivity index (χ1n) is 5.39. The molecule has 3 heteroatoms. The van der Waals surface area contributed by atoms with Crippen molar-refractivity contribution in [2.75, 3.05) is 6.54 Å². The van der Waals surface area contributed by atoms with Crippen LogP contribution < -0.4 is 5.73 Å². The molecule has 1 saturated heterocycles. The smallest absolute Gasteiger partial charge is 0.228 e. The van der Waals surface area contributed by atoms with Crippen LogP contribution in [0.3, 0.4) is 0 Å². The zero-order chi connectivity index (χ0) is 10.9. The number of hydrogen-bond donors (Lipinski definition) is 1. The summed E-state index contributed by atoms with van der Waals surface area (Å²) in [5.41, 5.74) is 5.59. The van der Waals surface area contributed by atoms with Crippen molar-refractivity contribution in [1.29, 1.82) is 0 Å². The quantitative estimate of drug-likeness (QED) is 0.639. The van der Waals surface area contributed by atoms with Crippen LogP contribution in [0.4, 0.5) is 0 Å². The number of carbonyl (C=O) groups excluding carboxylic acids is 1. The van der Waals surface area contributed by atoms with Crippen LogP contribution in [-0.2, 0) is 4.79 Å². The van der Waals surface area contributed by atoms with Gasteiger partial charge in [-0.1, -0.05) is 20.8 Å². The highest BCUT2D eigenvalue weighted by molar-refractivity contribution is 5.81. The van der Waals surface area contributed by atoms with Crippen molar-refractivity contribution in [3.05, 3.63) is 0 Å². The maximum atomic E-state index is 12.0. The van der Waals surface area contributed by atoms with E-state index >= 15 is 0 Å². The molecule has 0 aromatic carbocycles. The Morgan fingerprint density at radius 1 is 1.36 bits per heavy atom. The van der Waals surface area contributed by atoms with Crippen LogP contribution in [0.2, 0.25) is 0 Å². The Hall–Kier alpha value is -0.570. The summed E-state index contributed by atoms with van der Waals surface area (Å²) in [5, 5.41) is 0. The van der Waals surface area contributed by atoms with Gasteiger partial charge in [-0.3, -0.25) is 4.79 Å². The van der Waals surface area contributed by atoms with Gasteiger partial charge in [0, 0.05) is 24.0 Å². The van der Waals surface area contributed by atoms with Gasteiger partial charge in [0.05, 0.1) is 0 Å². The summed E-state index contributed by atoms with van der Waals surface area (Å²) in [5.74, 6) is 0.222. The maximum Gasteiger partial charge on any atom is 0.228 e. The fourth-order valence-corrected chi connectivity index (χ4v) is 1.85. The predicted molar refractivity (Wildman–Crippen MR) is 57.8 cm³/mol. The highest BCUT2D eigenvalue weighted by atomic mass is 16.2. The van der Waals surface area contributed by atoms with Gasteiger partial charge in [-0.25, -0.2) is 0 Å². The molecule has 2 atom stereocenters. The van der Waals surface area contributed by atoms with E-state index in [1.807, 2.05) is 25.7 Å². The normalized spacial score (nSPS) is 29.1. The summed E-state index contributed by atoms with van der Waals surface area (Å²) in [6.07, 6.45) is 2.07. The zero-order valence-electron chi connectivity index (χ0n) is 9.71. The molecule has 1 amide bonds. The molecule has 0 aromatic rings. The van der Waals surface area contributed by atoms with E-state index < -0.39 is 0 Å². The van der Waals surface area contributed by atoms with Crippen LogP contribution in [0.25, 0.3) is 0 Å². The standard InChI is InChI=1S/C11H22N2O/c1-8-5-6-9(12)7-13(8)10(14)11(2,3)4/h8-9H,5-7,12H2,1-4H3. The van der Waals surface area contributed by atoms with Gasteiger partial charge < -0.3 is 10.6 Å². The zero-order valence-corrected chi connectivity index (χ0v) is 9.71. The second-order valence-corrected chi connectivity index (χ2v) is 5.39. The number of hydrogen-bond acceptors (Lipinski definition) is 2. The third-order valence-corrected chi connectivity index (χ3v) is 2.82. The lowest BCUT2D eigenvalue weighted by molar-refractivity contribution is -0.143. The summed E-state index contributed by atoms with van der Waals surface area (Å²) in [7, 11) is 0. The summed E-state index contributed by atoms with van der Waals surface area (Å²) >= 11 is 0. The minimum Gasteiger partial charge on any atom is -0.338 e. The molecule has 0 spiro atoms. The van der Waals surface area contributed by atoms with E-state index in [4.69, 9.17) is 5.73 Å². The number of rotatable bonds is 0. The Bertz CT molecular complexity index is 220. The van der Waals surface area contributed by atoms with Crippen LogP contribution in [0.5, 0.6) is 0 Å². The second-order valence-electron chi connectivity index (χ2n) is 5.39. The van der Waals surface area contributed by atoms with Crippen LogP contribution in [-0.4, -0.2) is 29.4 Å². The lowest BCUT2D eigenvalue weighted by Crippen LogP contribution is -2.53. The molecule has 14 heavy (non-hydrogen) atoms. The van der Waals surface area contributed by atoms with Crippen LogP contribution in [0.15, 0.2) is 0 Å². The molecule has 2 unspecified atom stereocenters. The molecular weight excluding hydrogens is 176 g/mol. The monoisotopic (exact) mass is 198 g/mol. The van der Waals surface area contributed by atoms with Gasteiger partial charge in [0.1, 0.15) is 0 Å². The lowest BCUT2D eigenvalue weighted by atomic mass is 9.91. The van der Waals surface area contributed by atoms with Gasteiger partial charge in [0.2, 0.25) is 5.91 Å². The molecule has 1 aliphatic heterocycles. The van der Waals surface area contributed by atoms with Crippen molar-refractivity contribution >= 4 is 5.91 Å². The Morgan fingerprint density at radius 2 is 1.93 bits per heavy atom. The summed E-state index contributed by atoms with van der Waals surface area (Å²) < 4.78 is 0. The largest absolute Gasteiger partial charge is 0.338 e. The minimum atomic E-state index is -0.286. The van der Waals surface area contributed by atoms with E-state index in [0.717, 1.165) is 19.4 Å². The van der Waals surface area contributed by atoms with E-state index in [9.17, 15) is 4.79 Å². The average Bonchev–Trinajstić information content (AvgIpc) is 2.06. The predicted octanol–water partition coefficient (Wildman–Crippen LogP) is 1.37. The maximum absolute atomic E-state index is 12.0. The van der Waals surface area contributed by atoms with E-state index in [0.29, 0.717) is 6.04 Å². The van der Waals surface area contributed by atoms with E-state index in [1.165, 1.54) is 0 Å². The van der Waals surface area contributed by atoms with E-state index in [1.54, 1.807) is 0 Å². The topological polar surface area (TPSA) is 46.3 Å². The molecule has 2 N–H and O–H groups in total. The first-order chi connectivity index (χ1) is 6.32. The number of nitrogens with zero attached hydrogens (tertiary/aromatic N) is 1. The van der Waals surface area contributed by atoms with Gasteiger partial charge >= 0.3 is 0 Å². The average molecular weight is 198 g/mol. The van der Waals surface area contributed by atoms with Crippen LogP contribution in [0, 0.1) is 5.41 Å². The Kier molecular flexibility index (Phi) is 3.20. The van der Waals surface area contributed by atoms with E-state index in [2.05, 4.69) is 6.92 Å². The van der Waals surface area contributed by atoms with Gasteiger partial charge in [-0.2, -0.15) is 0 Å². The molecular formula is C11H22N2O. The van der Waals surface area contributed by atoms with Gasteiger partial charge in [-0.15, -0.1) is 0 Å². The van der Waals surface area contributed by atoms with Crippen LogP contribution >= 0.6 is 0 Å². The Labute approximate surface area is 86.6 Å². The van der Waals surface area contributed by atoms with Crippen molar-refractivity contribution < 1.29 is 4.79 Å². The molecule has 0 aliphatic carbocycles. The highest BCUT2D eigenvalue weighted by Gasteiger charge is 2.33. The van der Waals surface area contributed by atoms with Gasteiger partial charge in [0.15, 0.2) is 0 Å². The number of likely N-dealkylation sites (tertiary alicyclic amines) is 1. The highest BCUT2D eigenvalue weighted by Crippen LogP contribution is 2.23. The molecule has 1 rings (SSSR count). The molecule has 82 valence electrons. The molecule has 1 aliphatic rings. The molecule has 0 aromatic heterocycles. The van der Waals surface area contributed by atoms with Gasteiger partial charge in [-0.05, 0) is 19.8 Å². The first-order valence-corrected chi connectivity index (χ1v) is 5.39. The van der Waals surface area contributed by atoms with Crippen molar-refractivity contribution in [2.45, 2.75) is 52.6 Å². The first kappa shape index (κ1) is 11.5. The number of carbonyl (C=O) groups is 1. The summed E-state index contributed by atoms with van der Waals surface area (Å²) in [6, 6.07) is 0.513. The van der Waals surface area contributed by atoms with Crippen molar-refractivity contribution in [3.8, 4) is 0 Å². The SMILES string of the molecule is CC1CCC(N)CN1C(=O)C(C)(C)C. The van der Waals surface area contributed by atoms with Gasteiger partial charge in [0.25, 0.3) is 0 Å². The molecule has 0 saturated carbocycles. The summed E-state index contributed by atoms with van der Waals surface area (Å²) in [6.45, 7) is 8.71. The van der Waals surface area contributed by atoms with Crippen molar-refractivity contribution in [1.82, 2.24) is 4.90 Å². The lowest BCUT2D eigenvalue weighted by Gasteiger charge is -2.40. The molecule has 1 heterocycles. The third kappa shape index (κ3) is 2.47. The van der Waals surface area contributed by atoms with Crippen molar-refractivity contribution in [2.24, 2.45) is 11.1 Å². The molecule has 0 radical (unpaired) electrons.